The van der Waals surface area contributed by atoms with Gasteiger partial charge >= 0.3 is 0 Å². The highest BCUT2D eigenvalue weighted by molar-refractivity contribution is 5.94. The first-order valence-electron chi connectivity index (χ1n) is 8.60. The molecule has 0 spiro atoms. The predicted octanol–water partition coefficient (Wildman–Crippen LogP) is 2.41. The van der Waals surface area contributed by atoms with Gasteiger partial charge in [-0.25, -0.2) is 4.98 Å². The Bertz CT molecular complexity index is 735. The Morgan fingerprint density at radius 1 is 1.20 bits per heavy atom. The third-order valence-electron chi connectivity index (χ3n) is 5.19. The Labute approximate surface area is 146 Å². The molecule has 2 aromatic heterocycles. The van der Waals surface area contributed by atoms with Crippen molar-refractivity contribution in [2.75, 3.05) is 20.2 Å². The summed E-state index contributed by atoms with van der Waals surface area (Å²) < 4.78 is 11.2. The number of pyridine rings is 2. The molecule has 1 aliphatic heterocycles. The fraction of sp³-hybridized carbons (Fsp3) is 0.421. The number of aromatic nitrogens is 2. The lowest BCUT2D eigenvalue weighted by atomic mass is 9.99. The maximum Gasteiger partial charge on any atom is 0.255 e. The first kappa shape index (κ1) is 15.9. The normalized spacial score (nSPS) is 24.8. The number of carbonyl (C=O) groups excluding carboxylic acids is 1. The Kier molecular flexibility index (Phi) is 4.26. The van der Waals surface area contributed by atoms with Crippen LogP contribution in [-0.4, -0.2) is 47.1 Å². The van der Waals surface area contributed by atoms with Gasteiger partial charge in [0.05, 0.1) is 18.9 Å². The summed E-state index contributed by atoms with van der Waals surface area (Å²) in [5, 5.41) is 0. The minimum Gasteiger partial charge on any atom is -0.488 e. The average molecular weight is 339 g/mol. The molecule has 3 heterocycles. The number of rotatable bonds is 4. The second kappa shape index (κ2) is 6.70. The van der Waals surface area contributed by atoms with Gasteiger partial charge in [0.1, 0.15) is 11.9 Å². The van der Waals surface area contributed by atoms with Gasteiger partial charge in [-0.3, -0.25) is 9.78 Å². The molecule has 6 heteroatoms. The van der Waals surface area contributed by atoms with E-state index in [4.69, 9.17) is 9.47 Å². The van der Waals surface area contributed by atoms with Crippen molar-refractivity contribution in [3.8, 4) is 11.6 Å². The standard InChI is InChI=1S/C19H21N3O3/c1-24-18-7-5-13(9-21-18)19(23)22-11-14-4-6-17(16(14)12-22)25-15-3-2-8-20-10-15/h2-3,5,7-10,14,16-17H,4,6,11-12H2,1H3/t14-,16+,17+/m1/s1. The van der Waals surface area contributed by atoms with E-state index >= 15 is 0 Å². The van der Waals surface area contributed by atoms with E-state index in [0.29, 0.717) is 23.3 Å². The Hall–Kier alpha value is -2.63. The molecule has 1 amide bonds. The molecule has 6 nitrogen and oxygen atoms in total. The van der Waals surface area contributed by atoms with Gasteiger partial charge in [0.15, 0.2) is 0 Å². The largest absolute Gasteiger partial charge is 0.488 e. The fourth-order valence-electron chi connectivity index (χ4n) is 3.93. The number of hydrogen-bond acceptors (Lipinski definition) is 5. The zero-order valence-electron chi connectivity index (χ0n) is 14.2. The monoisotopic (exact) mass is 339 g/mol. The van der Waals surface area contributed by atoms with Crippen molar-refractivity contribution in [2.24, 2.45) is 11.8 Å². The maximum atomic E-state index is 12.7. The van der Waals surface area contributed by atoms with E-state index in [2.05, 4.69) is 9.97 Å². The van der Waals surface area contributed by atoms with Gasteiger partial charge in [0.25, 0.3) is 5.91 Å². The van der Waals surface area contributed by atoms with Crippen LogP contribution in [0.15, 0.2) is 42.9 Å². The SMILES string of the molecule is COc1ccc(C(=O)N2C[C@H]3CC[C@H](Oc4cccnc4)[C@H]3C2)cn1. The van der Waals surface area contributed by atoms with Crippen molar-refractivity contribution in [1.82, 2.24) is 14.9 Å². The topological polar surface area (TPSA) is 64.5 Å². The van der Waals surface area contributed by atoms with Crippen molar-refractivity contribution in [3.63, 3.8) is 0 Å². The second-order valence-electron chi connectivity index (χ2n) is 6.65. The van der Waals surface area contributed by atoms with Crippen LogP contribution in [0.25, 0.3) is 0 Å². The average Bonchev–Trinajstić information content (AvgIpc) is 3.24. The predicted molar refractivity (Wildman–Crippen MR) is 91.6 cm³/mol. The van der Waals surface area contributed by atoms with Gasteiger partial charge < -0.3 is 14.4 Å². The molecule has 0 bridgehead atoms. The summed E-state index contributed by atoms with van der Waals surface area (Å²) >= 11 is 0. The van der Waals surface area contributed by atoms with E-state index in [9.17, 15) is 4.79 Å². The molecule has 0 N–H and O–H groups in total. The van der Waals surface area contributed by atoms with E-state index in [-0.39, 0.29) is 12.0 Å². The first-order chi connectivity index (χ1) is 12.2. The Balaban J connectivity index is 1.42. The lowest BCUT2D eigenvalue weighted by Crippen LogP contribution is -2.32. The molecular formula is C19H21N3O3. The molecule has 130 valence electrons. The molecule has 0 radical (unpaired) electrons. The highest BCUT2D eigenvalue weighted by atomic mass is 16.5. The third kappa shape index (κ3) is 3.16. The third-order valence-corrected chi connectivity index (χ3v) is 5.19. The molecule has 1 saturated carbocycles. The number of likely N-dealkylation sites (tertiary alicyclic amines) is 1. The number of carbonyl (C=O) groups is 1. The maximum absolute atomic E-state index is 12.7. The van der Waals surface area contributed by atoms with Crippen LogP contribution in [0, 0.1) is 11.8 Å². The number of methoxy groups -OCH3 is 1. The van der Waals surface area contributed by atoms with Crippen LogP contribution < -0.4 is 9.47 Å². The van der Waals surface area contributed by atoms with Gasteiger partial charge in [-0.05, 0) is 37.0 Å². The van der Waals surface area contributed by atoms with Crippen LogP contribution in [-0.2, 0) is 0 Å². The van der Waals surface area contributed by atoms with Crippen LogP contribution in [0.1, 0.15) is 23.2 Å². The van der Waals surface area contributed by atoms with Gasteiger partial charge in [-0.2, -0.15) is 0 Å². The van der Waals surface area contributed by atoms with Crippen LogP contribution in [0.3, 0.4) is 0 Å². The van der Waals surface area contributed by atoms with E-state index in [1.165, 1.54) is 0 Å². The molecule has 1 saturated heterocycles. The molecule has 0 aromatic carbocycles. The van der Waals surface area contributed by atoms with Crippen LogP contribution in [0.2, 0.25) is 0 Å². The van der Waals surface area contributed by atoms with Gasteiger partial charge in [0, 0.05) is 37.5 Å². The van der Waals surface area contributed by atoms with Crippen molar-refractivity contribution in [2.45, 2.75) is 18.9 Å². The second-order valence-corrected chi connectivity index (χ2v) is 6.65. The van der Waals surface area contributed by atoms with Crippen molar-refractivity contribution in [3.05, 3.63) is 48.4 Å². The van der Waals surface area contributed by atoms with Gasteiger partial charge in [0.2, 0.25) is 5.88 Å². The number of fused-ring (bicyclic) bond motifs is 1. The molecule has 1 aliphatic carbocycles. The molecule has 2 fully saturated rings. The summed E-state index contributed by atoms with van der Waals surface area (Å²) in [4.78, 5) is 22.9. The van der Waals surface area contributed by atoms with E-state index in [1.54, 1.807) is 37.8 Å². The van der Waals surface area contributed by atoms with Crippen molar-refractivity contribution < 1.29 is 14.3 Å². The van der Waals surface area contributed by atoms with Crippen LogP contribution in [0.5, 0.6) is 11.6 Å². The molecule has 2 aliphatic rings. The first-order valence-corrected chi connectivity index (χ1v) is 8.60. The zero-order chi connectivity index (χ0) is 17.2. The lowest BCUT2D eigenvalue weighted by Gasteiger charge is -2.22. The fourth-order valence-corrected chi connectivity index (χ4v) is 3.93. The summed E-state index contributed by atoms with van der Waals surface area (Å²) in [6, 6.07) is 7.30. The molecule has 0 unspecified atom stereocenters. The molecule has 25 heavy (non-hydrogen) atoms. The smallest absolute Gasteiger partial charge is 0.255 e. The zero-order valence-corrected chi connectivity index (χ0v) is 14.2. The summed E-state index contributed by atoms with van der Waals surface area (Å²) in [5.74, 6) is 2.24. The summed E-state index contributed by atoms with van der Waals surface area (Å²) in [6.07, 6.45) is 7.35. The van der Waals surface area contributed by atoms with Crippen LogP contribution in [0.4, 0.5) is 0 Å². The summed E-state index contributed by atoms with van der Waals surface area (Å²) in [6.45, 7) is 1.53. The lowest BCUT2D eigenvalue weighted by molar-refractivity contribution is 0.0762. The van der Waals surface area contributed by atoms with Crippen molar-refractivity contribution >= 4 is 5.91 Å². The highest BCUT2D eigenvalue weighted by Gasteiger charge is 2.45. The Morgan fingerprint density at radius 2 is 2.12 bits per heavy atom. The molecule has 4 rings (SSSR count). The number of nitrogens with zero attached hydrogens (tertiary/aromatic N) is 3. The number of hydrogen-bond donors (Lipinski definition) is 0. The summed E-state index contributed by atoms with van der Waals surface area (Å²) in [7, 11) is 1.56. The van der Waals surface area contributed by atoms with Gasteiger partial charge in [-0.1, -0.05) is 0 Å². The van der Waals surface area contributed by atoms with E-state index in [0.717, 1.165) is 31.7 Å². The highest BCUT2D eigenvalue weighted by Crippen LogP contribution is 2.40. The van der Waals surface area contributed by atoms with Crippen LogP contribution >= 0.6 is 0 Å². The van der Waals surface area contributed by atoms with E-state index in [1.807, 2.05) is 17.0 Å². The summed E-state index contributed by atoms with van der Waals surface area (Å²) in [5.41, 5.74) is 0.602. The quantitative estimate of drug-likeness (QED) is 0.856. The van der Waals surface area contributed by atoms with E-state index < -0.39 is 0 Å². The molecule has 3 atom stereocenters. The molecule has 2 aromatic rings. The number of amides is 1. The van der Waals surface area contributed by atoms with Crippen molar-refractivity contribution in [1.29, 1.82) is 0 Å². The van der Waals surface area contributed by atoms with Gasteiger partial charge in [-0.15, -0.1) is 0 Å². The number of ether oxygens (including phenoxy) is 2. The molecular weight excluding hydrogens is 318 g/mol. The minimum atomic E-state index is 0.0321. The Morgan fingerprint density at radius 3 is 2.84 bits per heavy atom. The minimum absolute atomic E-state index is 0.0321.